The van der Waals surface area contributed by atoms with Crippen molar-refractivity contribution in [1.82, 2.24) is 25.5 Å². The van der Waals surface area contributed by atoms with Gasteiger partial charge in [-0.2, -0.15) is 0 Å². The Labute approximate surface area is 229 Å². The van der Waals surface area contributed by atoms with Gasteiger partial charge in [-0.3, -0.25) is 24.1 Å². The van der Waals surface area contributed by atoms with Crippen LogP contribution in [0.5, 0.6) is 0 Å². The van der Waals surface area contributed by atoms with Crippen LogP contribution in [0.2, 0.25) is 0 Å². The first-order chi connectivity index (χ1) is 18.4. The third-order valence-electron chi connectivity index (χ3n) is 8.01. The van der Waals surface area contributed by atoms with E-state index < -0.39 is 42.1 Å². The summed E-state index contributed by atoms with van der Waals surface area (Å²) in [5, 5.41) is 4.23. The number of amides is 3. The van der Waals surface area contributed by atoms with E-state index in [4.69, 9.17) is 4.74 Å². The summed E-state index contributed by atoms with van der Waals surface area (Å²) in [7, 11) is -3.98. The predicted octanol–water partition coefficient (Wildman–Crippen LogP) is 3.34. The molecule has 2 aliphatic carbocycles. The number of alkyl carbamates (subject to hydrolysis) is 1. The topological polar surface area (TPSA) is 151 Å². The van der Waals surface area contributed by atoms with E-state index in [1.54, 1.807) is 6.08 Å². The lowest BCUT2D eigenvalue weighted by Crippen LogP contribution is -2.58. The summed E-state index contributed by atoms with van der Waals surface area (Å²) in [6, 6.07) is -1.73. The molecule has 0 radical (unpaired) electrons. The maximum Gasteiger partial charge on any atom is 0.408 e. The van der Waals surface area contributed by atoms with E-state index in [1.165, 1.54) is 23.5 Å². The molecule has 3 aliphatic rings. The second kappa shape index (κ2) is 11.4. The minimum absolute atomic E-state index is 0.144. The van der Waals surface area contributed by atoms with Crippen LogP contribution in [0.3, 0.4) is 0 Å². The highest BCUT2D eigenvalue weighted by atomic mass is 31.2. The first kappa shape index (κ1) is 29.2. The number of carbonyl (C=O) groups excluding carboxylic acids is 3. The van der Waals surface area contributed by atoms with Gasteiger partial charge in [0.2, 0.25) is 19.2 Å². The van der Waals surface area contributed by atoms with Crippen LogP contribution < -0.4 is 10.6 Å². The third-order valence-corrected chi connectivity index (χ3v) is 10.6. The van der Waals surface area contributed by atoms with Crippen LogP contribution >= 0.6 is 7.37 Å². The summed E-state index contributed by atoms with van der Waals surface area (Å²) in [6.45, 7) is 9.66. The van der Waals surface area contributed by atoms with Crippen LogP contribution in [0.15, 0.2) is 31.2 Å². The van der Waals surface area contributed by atoms with Gasteiger partial charge in [0.15, 0.2) is 0 Å². The number of carbonyl (C=O) groups is 3. The molecular formula is C27H40N5O6P. The molecule has 214 valence electrons. The van der Waals surface area contributed by atoms with Gasteiger partial charge in [0.1, 0.15) is 23.5 Å². The Kier molecular flexibility index (Phi) is 8.52. The SMILES string of the molecule is C=C[C@@H]1C[C@]1(NC(=O)[C@@H]1CCCN1C(=O)C(NC(=O)OC1CCCC1)C(C)(C)C)P(=O)(O)Cc1cnccn1. The molecule has 1 aliphatic heterocycles. The smallest absolute Gasteiger partial charge is 0.408 e. The first-order valence-corrected chi connectivity index (χ1v) is 15.5. The van der Waals surface area contributed by atoms with Crippen molar-refractivity contribution >= 4 is 25.3 Å². The van der Waals surface area contributed by atoms with Crippen molar-refractivity contribution in [3.63, 3.8) is 0 Å². The van der Waals surface area contributed by atoms with Gasteiger partial charge >= 0.3 is 6.09 Å². The van der Waals surface area contributed by atoms with Gasteiger partial charge in [-0.05, 0) is 50.4 Å². The zero-order valence-electron chi connectivity index (χ0n) is 23.0. The minimum atomic E-state index is -3.98. The molecule has 4 rings (SSSR count). The third kappa shape index (κ3) is 6.35. The van der Waals surface area contributed by atoms with Crippen molar-refractivity contribution in [1.29, 1.82) is 0 Å². The minimum Gasteiger partial charge on any atom is -0.446 e. The van der Waals surface area contributed by atoms with Gasteiger partial charge in [-0.25, -0.2) is 4.79 Å². The maximum absolute atomic E-state index is 13.8. The monoisotopic (exact) mass is 561 g/mol. The molecule has 2 heterocycles. The quantitative estimate of drug-likeness (QED) is 0.307. The molecule has 0 bridgehead atoms. The fourth-order valence-electron chi connectivity index (χ4n) is 5.68. The van der Waals surface area contributed by atoms with Crippen LogP contribution in [0.25, 0.3) is 0 Å². The summed E-state index contributed by atoms with van der Waals surface area (Å²) in [5.74, 6) is -1.24. The molecule has 1 saturated heterocycles. The molecule has 11 nitrogen and oxygen atoms in total. The molecule has 2 unspecified atom stereocenters. The molecule has 1 aromatic heterocycles. The van der Waals surface area contributed by atoms with Crippen LogP contribution in [0.1, 0.15) is 71.4 Å². The van der Waals surface area contributed by atoms with E-state index in [2.05, 4.69) is 27.2 Å². The Hall–Kier alpha value is -2.78. The first-order valence-electron chi connectivity index (χ1n) is 13.7. The number of nitrogens with zero attached hydrogens (tertiary/aromatic N) is 3. The van der Waals surface area contributed by atoms with Crippen molar-refractivity contribution < 1.29 is 28.6 Å². The molecule has 5 atom stereocenters. The molecule has 3 fully saturated rings. The lowest BCUT2D eigenvalue weighted by Gasteiger charge is -2.36. The van der Waals surface area contributed by atoms with Crippen molar-refractivity contribution in [3.8, 4) is 0 Å². The van der Waals surface area contributed by atoms with E-state index in [-0.39, 0.29) is 30.5 Å². The van der Waals surface area contributed by atoms with Gasteiger partial charge in [0, 0.05) is 31.1 Å². The Morgan fingerprint density at radius 2 is 1.97 bits per heavy atom. The Morgan fingerprint density at radius 3 is 2.56 bits per heavy atom. The van der Waals surface area contributed by atoms with Crippen LogP contribution in [-0.4, -0.2) is 67.7 Å². The van der Waals surface area contributed by atoms with Crippen LogP contribution in [0, 0.1) is 11.3 Å². The van der Waals surface area contributed by atoms with Gasteiger partial charge in [0.05, 0.1) is 11.9 Å². The van der Waals surface area contributed by atoms with E-state index in [1.807, 2.05) is 20.8 Å². The second-order valence-corrected chi connectivity index (χ2v) is 14.5. The molecule has 3 amide bonds. The Morgan fingerprint density at radius 1 is 1.26 bits per heavy atom. The van der Waals surface area contributed by atoms with E-state index in [9.17, 15) is 23.8 Å². The average molecular weight is 562 g/mol. The molecule has 1 aromatic rings. The van der Waals surface area contributed by atoms with Crippen molar-refractivity contribution in [2.75, 3.05) is 6.54 Å². The maximum atomic E-state index is 13.8. The van der Waals surface area contributed by atoms with Gasteiger partial charge in [-0.1, -0.05) is 26.8 Å². The standard InChI is InChI=1S/C27H40N5O6P/c1-5-18-15-27(18,39(36,37)17-19-16-28-12-13-29-19)31-23(33)21-11-8-14-32(21)24(34)22(26(2,3)4)30-25(35)38-20-9-6-7-10-20/h5,12-13,16,18,20-22H,1,6-11,14-15,17H2,2-4H3,(H,30,35)(H,31,33)(H,36,37)/t18-,21+,22?,27+/m1/s1. The highest BCUT2D eigenvalue weighted by Gasteiger charge is 2.65. The van der Waals surface area contributed by atoms with Crippen molar-refractivity contribution in [2.45, 2.75) is 95.3 Å². The molecule has 12 heteroatoms. The number of nitrogens with one attached hydrogen (secondary N) is 2. The molecule has 0 aromatic carbocycles. The average Bonchev–Trinajstić information content (AvgIpc) is 3.20. The van der Waals surface area contributed by atoms with Gasteiger partial charge < -0.3 is 25.2 Å². The second-order valence-electron chi connectivity index (χ2n) is 12.0. The number of aromatic nitrogens is 2. The van der Waals surface area contributed by atoms with Crippen molar-refractivity contribution in [3.05, 3.63) is 36.9 Å². The number of likely N-dealkylation sites (tertiary alicyclic amines) is 1. The summed E-state index contributed by atoms with van der Waals surface area (Å²) in [5.41, 5.74) is -0.286. The summed E-state index contributed by atoms with van der Waals surface area (Å²) in [6.07, 6.45) is 9.85. The fourth-order valence-corrected chi connectivity index (χ4v) is 7.96. The highest BCUT2D eigenvalue weighted by molar-refractivity contribution is 7.59. The van der Waals surface area contributed by atoms with Crippen molar-refractivity contribution in [2.24, 2.45) is 11.3 Å². The molecule has 0 spiro atoms. The zero-order chi connectivity index (χ0) is 28.4. The Balaban J connectivity index is 1.48. The molecule has 2 saturated carbocycles. The van der Waals surface area contributed by atoms with Crippen LogP contribution in [0.4, 0.5) is 4.79 Å². The van der Waals surface area contributed by atoms with E-state index >= 15 is 0 Å². The molecule has 3 N–H and O–H groups in total. The molecular weight excluding hydrogens is 521 g/mol. The fraction of sp³-hybridized carbons (Fsp3) is 0.667. The van der Waals surface area contributed by atoms with Gasteiger partial charge in [0.25, 0.3) is 0 Å². The van der Waals surface area contributed by atoms with Crippen LogP contribution in [-0.2, 0) is 25.1 Å². The molecule has 39 heavy (non-hydrogen) atoms. The lowest BCUT2D eigenvalue weighted by molar-refractivity contribution is -0.142. The summed E-state index contributed by atoms with van der Waals surface area (Å²) in [4.78, 5) is 60.7. The Bertz CT molecular complexity index is 1140. The van der Waals surface area contributed by atoms with E-state index in [0.717, 1.165) is 25.7 Å². The lowest BCUT2D eigenvalue weighted by atomic mass is 9.85. The number of ether oxygens (including phenoxy) is 1. The summed E-state index contributed by atoms with van der Waals surface area (Å²) < 4.78 is 19.1. The van der Waals surface area contributed by atoms with Gasteiger partial charge in [-0.15, -0.1) is 6.58 Å². The number of hydrogen-bond donors (Lipinski definition) is 3. The van der Waals surface area contributed by atoms with E-state index in [0.29, 0.717) is 25.1 Å². The summed E-state index contributed by atoms with van der Waals surface area (Å²) >= 11 is 0. The normalized spacial score (nSPS) is 27.3. The highest BCUT2D eigenvalue weighted by Crippen LogP contribution is 2.70. The predicted molar refractivity (Wildman–Crippen MR) is 145 cm³/mol. The largest absolute Gasteiger partial charge is 0.446 e. The number of rotatable bonds is 9. The zero-order valence-corrected chi connectivity index (χ0v) is 23.9. The number of hydrogen-bond acceptors (Lipinski definition) is 7.